The Hall–Kier alpha value is -1.60. The number of hydrogen-bond donors (Lipinski definition) is 3. The van der Waals surface area contributed by atoms with Crippen LogP contribution in [0.5, 0.6) is 0 Å². The summed E-state index contributed by atoms with van der Waals surface area (Å²) in [5.41, 5.74) is 0.490. The summed E-state index contributed by atoms with van der Waals surface area (Å²) in [4.78, 5) is 24.3. The van der Waals surface area contributed by atoms with Gasteiger partial charge in [-0.3, -0.25) is 0 Å². The molecule has 1 aromatic carbocycles. The fourth-order valence-corrected chi connectivity index (χ4v) is 2.41. The highest BCUT2D eigenvalue weighted by molar-refractivity contribution is 9.10. The van der Waals surface area contributed by atoms with Gasteiger partial charge < -0.3 is 20.4 Å². The van der Waals surface area contributed by atoms with Gasteiger partial charge in [0.15, 0.2) is 0 Å². The van der Waals surface area contributed by atoms with E-state index in [4.69, 9.17) is 5.11 Å². The van der Waals surface area contributed by atoms with Crippen LogP contribution in [0.25, 0.3) is 0 Å². The molecule has 0 saturated carbocycles. The number of hydrogen-bond acceptors (Lipinski definition) is 3. The molecule has 1 heterocycles. The van der Waals surface area contributed by atoms with E-state index in [1.165, 1.54) is 17.0 Å². The first-order valence-electron chi connectivity index (χ1n) is 5.73. The summed E-state index contributed by atoms with van der Waals surface area (Å²) in [6, 6.07) is 4.12. The van der Waals surface area contributed by atoms with Crippen LogP contribution in [-0.4, -0.2) is 46.3 Å². The van der Waals surface area contributed by atoms with Crippen molar-refractivity contribution in [1.82, 2.24) is 4.90 Å². The predicted octanol–water partition coefficient (Wildman–Crippen LogP) is 1.75. The Morgan fingerprint density at radius 3 is 2.68 bits per heavy atom. The quantitative estimate of drug-likeness (QED) is 0.771. The predicted molar refractivity (Wildman–Crippen MR) is 72.3 cm³/mol. The molecule has 102 valence electrons. The average Bonchev–Trinajstić information content (AvgIpc) is 2.75. The molecule has 1 aromatic rings. The van der Waals surface area contributed by atoms with Gasteiger partial charge in [-0.05, 0) is 24.6 Å². The van der Waals surface area contributed by atoms with E-state index in [9.17, 15) is 14.7 Å². The molecule has 6 nitrogen and oxygen atoms in total. The maximum absolute atomic E-state index is 11.9. The van der Waals surface area contributed by atoms with Crippen molar-refractivity contribution in [2.45, 2.75) is 12.5 Å². The number of carbonyl (C=O) groups is 2. The molecule has 3 N–H and O–H groups in total. The Bertz CT molecular complexity index is 520. The van der Waals surface area contributed by atoms with Crippen molar-refractivity contribution in [1.29, 1.82) is 0 Å². The Morgan fingerprint density at radius 1 is 1.37 bits per heavy atom. The number of nitrogens with zero attached hydrogens (tertiary/aromatic N) is 1. The minimum atomic E-state index is -1.06. The Morgan fingerprint density at radius 2 is 2.11 bits per heavy atom. The van der Waals surface area contributed by atoms with Gasteiger partial charge in [0.1, 0.15) is 0 Å². The first kappa shape index (κ1) is 13.8. The molecule has 1 aliphatic heterocycles. The lowest BCUT2D eigenvalue weighted by Gasteiger charge is -2.16. The number of aromatic carboxylic acids is 1. The standard InChI is InChI=1S/C12H13BrN2O4/c13-8-3-7(11(17)18)4-9(5-8)14-12(19)15-2-1-10(16)6-15/h3-5,10,16H,1-2,6H2,(H,14,19)(H,17,18). The molecule has 1 saturated heterocycles. The average molecular weight is 329 g/mol. The zero-order valence-electron chi connectivity index (χ0n) is 9.97. The molecular formula is C12H13BrN2O4. The van der Waals surface area contributed by atoms with Gasteiger partial charge in [-0.2, -0.15) is 0 Å². The van der Waals surface area contributed by atoms with E-state index in [1.54, 1.807) is 6.07 Å². The Balaban J connectivity index is 2.10. The molecule has 1 aliphatic rings. The minimum absolute atomic E-state index is 0.0890. The number of aliphatic hydroxyl groups is 1. The maximum atomic E-state index is 11.9. The van der Waals surface area contributed by atoms with Crippen LogP contribution in [-0.2, 0) is 0 Å². The van der Waals surface area contributed by atoms with Crippen LogP contribution in [0.1, 0.15) is 16.8 Å². The number of rotatable bonds is 2. The van der Waals surface area contributed by atoms with E-state index in [0.717, 1.165) is 0 Å². The molecule has 1 atom stereocenters. The van der Waals surface area contributed by atoms with Crippen molar-refractivity contribution in [2.75, 3.05) is 18.4 Å². The fourth-order valence-electron chi connectivity index (χ4n) is 1.91. The number of carboxylic acids is 1. The van der Waals surface area contributed by atoms with Crippen LogP contribution in [0.3, 0.4) is 0 Å². The lowest BCUT2D eigenvalue weighted by Crippen LogP contribution is -2.33. The second kappa shape index (κ2) is 5.58. The van der Waals surface area contributed by atoms with Gasteiger partial charge in [0, 0.05) is 23.2 Å². The largest absolute Gasteiger partial charge is 0.478 e. The molecule has 7 heteroatoms. The summed E-state index contributed by atoms with van der Waals surface area (Å²) in [6.45, 7) is 0.790. The summed E-state index contributed by atoms with van der Waals surface area (Å²) in [5.74, 6) is -1.06. The second-order valence-corrected chi connectivity index (χ2v) is 5.27. The van der Waals surface area contributed by atoms with Crippen LogP contribution in [0.2, 0.25) is 0 Å². The third-order valence-electron chi connectivity index (χ3n) is 2.85. The van der Waals surface area contributed by atoms with Gasteiger partial charge in [-0.25, -0.2) is 9.59 Å². The van der Waals surface area contributed by atoms with Crippen molar-refractivity contribution >= 4 is 33.6 Å². The Kier molecular flexibility index (Phi) is 4.06. The number of amides is 2. The third kappa shape index (κ3) is 3.45. The van der Waals surface area contributed by atoms with E-state index in [-0.39, 0.29) is 11.6 Å². The molecule has 0 radical (unpaired) electrons. The highest BCUT2D eigenvalue weighted by Gasteiger charge is 2.24. The maximum Gasteiger partial charge on any atom is 0.335 e. The van der Waals surface area contributed by atoms with Gasteiger partial charge in [0.2, 0.25) is 0 Å². The van der Waals surface area contributed by atoms with Gasteiger partial charge in [0.05, 0.1) is 11.7 Å². The SMILES string of the molecule is O=C(O)c1cc(Br)cc(NC(=O)N2CCC(O)C2)c1. The number of halogens is 1. The zero-order chi connectivity index (χ0) is 14.0. The number of urea groups is 1. The molecule has 0 aromatic heterocycles. The normalized spacial score (nSPS) is 18.4. The van der Waals surface area contributed by atoms with Crippen molar-refractivity contribution in [2.24, 2.45) is 0 Å². The van der Waals surface area contributed by atoms with Gasteiger partial charge in [-0.1, -0.05) is 15.9 Å². The number of likely N-dealkylation sites (tertiary alicyclic amines) is 1. The number of carboxylic acid groups (broad SMARTS) is 1. The summed E-state index contributed by atoms with van der Waals surface area (Å²) < 4.78 is 0.573. The minimum Gasteiger partial charge on any atom is -0.478 e. The molecular weight excluding hydrogens is 316 g/mol. The fraction of sp³-hybridized carbons (Fsp3) is 0.333. The van der Waals surface area contributed by atoms with E-state index in [1.807, 2.05) is 0 Å². The molecule has 1 unspecified atom stereocenters. The van der Waals surface area contributed by atoms with Crippen molar-refractivity contribution in [3.8, 4) is 0 Å². The van der Waals surface area contributed by atoms with Gasteiger partial charge >= 0.3 is 12.0 Å². The van der Waals surface area contributed by atoms with Crippen LogP contribution >= 0.6 is 15.9 Å². The summed E-state index contributed by atoms with van der Waals surface area (Å²) >= 11 is 3.20. The van der Waals surface area contributed by atoms with Crippen LogP contribution in [0.15, 0.2) is 22.7 Å². The topological polar surface area (TPSA) is 89.9 Å². The number of carbonyl (C=O) groups excluding carboxylic acids is 1. The van der Waals surface area contributed by atoms with Crippen molar-refractivity contribution in [3.05, 3.63) is 28.2 Å². The van der Waals surface area contributed by atoms with E-state index in [0.29, 0.717) is 29.7 Å². The number of nitrogens with one attached hydrogen (secondary N) is 1. The van der Waals surface area contributed by atoms with E-state index in [2.05, 4.69) is 21.2 Å². The smallest absolute Gasteiger partial charge is 0.335 e. The van der Waals surface area contributed by atoms with Gasteiger partial charge in [0.25, 0.3) is 0 Å². The first-order valence-corrected chi connectivity index (χ1v) is 6.53. The summed E-state index contributed by atoms with van der Waals surface area (Å²) in [5, 5.41) is 20.9. The second-order valence-electron chi connectivity index (χ2n) is 4.35. The van der Waals surface area contributed by atoms with E-state index >= 15 is 0 Å². The molecule has 0 spiro atoms. The first-order chi connectivity index (χ1) is 8.95. The molecule has 2 amide bonds. The van der Waals surface area contributed by atoms with Crippen molar-refractivity contribution in [3.63, 3.8) is 0 Å². The number of aliphatic hydroxyl groups excluding tert-OH is 1. The highest BCUT2D eigenvalue weighted by Crippen LogP contribution is 2.20. The lowest BCUT2D eigenvalue weighted by molar-refractivity contribution is 0.0696. The molecule has 1 fully saturated rings. The van der Waals surface area contributed by atoms with Crippen molar-refractivity contribution < 1.29 is 19.8 Å². The summed E-state index contributed by atoms with van der Waals surface area (Å²) in [6.07, 6.45) is 0.0783. The summed E-state index contributed by atoms with van der Waals surface area (Å²) in [7, 11) is 0. The third-order valence-corrected chi connectivity index (χ3v) is 3.30. The monoisotopic (exact) mass is 328 g/mol. The molecule has 2 rings (SSSR count). The highest BCUT2D eigenvalue weighted by atomic mass is 79.9. The van der Waals surface area contributed by atoms with Crippen LogP contribution in [0, 0.1) is 0 Å². The number of β-amino-alcohol motifs (C(OH)–C–C–N with tert-alkyl or cyclic N) is 1. The molecule has 0 bridgehead atoms. The number of benzene rings is 1. The van der Waals surface area contributed by atoms with Crippen LogP contribution in [0.4, 0.5) is 10.5 Å². The van der Waals surface area contributed by atoms with E-state index < -0.39 is 12.1 Å². The van der Waals surface area contributed by atoms with Crippen LogP contribution < -0.4 is 5.32 Å². The lowest BCUT2D eigenvalue weighted by atomic mass is 10.2. The molecule has 19 heavy (non-hydrogen) atoms. The molecule has 0 aliphatic carbocycles. The van der Waals surface area contributed by atoms with Gasteiger partial charge in [-0.15, -0.1) is 0 Å². The zero-order valence-corrected chi connectivity index (χ0v) is 11.6. The number of anilines is 1. The Labute approximate surface area is 118 Å².